The minimum absolute atomic E-state index is 0.0193. The number of ether oxygens (including phenoxy) is 27. The number of rotatable bonds is 76. The van der Waals surface area contributed by atoms with Crippen molar-refractivity contribution in [3.8, 4) is 0 Å². The minimum atomic E-state index is -1.44. The third kappa shape index (κ3) is 56.0. The van der Waals surface area contributed by atoms with Gasteiger partial charge < -0.3 is 165 Å². The van der Waals surface area contributed by atoms with Crippen LogP contribution < -0.4 is 37.2 Å². The summed E-state index contributed by atoms with van der Waals surface area (Å²) in [6, 6.07) is -3.46. The molecule has 804 valence electrons. The van der Waals surface area contributed by atoms with Crippen LogP contribution in [0.2, 0.25) is 0 Å². The second kappa shape index (κ2) is 72.2. The van der Waals surface area contributed by atoms with Gasteiger partial charge in [0.1, 0.15) is 61.8 Å². The highest BCUT2D eigenvalue weighted by atomic mass is 16.7. The molecule has 0 radical (unpaired) electrons. The van der Waals surface area contributed by atoms with Gasteiger partial charge in [-0.3, -0.25) is 81.4 Å². The van der Waals surface area contributed by atoms with E-state index in [-0.39, 0.29) is 247 Å². The molecule has 3 saturated heterocycles. The van der Waals surface area contributed by atoms with Gasteiger partial charge in [0.05, 0.1) is 184 Å². The van der Waals surface area contributed by atoms with Crippen LogP contribution in [0.3, 0.4) is 0 Å². The first-order valence-electron chi connectivity index (χ1n) is 46.4. The number of hydrogen-bond donors (Lipinski definition) is 7. The molecule has 0 spiro atoms. The molecule has 4 heterocycles. The first-order chi connectivity index (χ1) is 67.4. The number of nitrogens with one attached hydrogen (secondary N) is 7. The lowest BCUT2D eigenvalue weighted by Crippen LogP contribution is -2.66. The third-order valence-corrected chi connectivity index (χ3v) is 19.6. The largest absolute Gasteiger partial charge is 0.463 e. The zero-order valence-electron chi connectivity index (χ0n) is 82.6. The Morgan fingerprint density at radius 3 is 0.837 bits per heavy atom. The number of aryl methyl sites for hydroxylation is 2. The van der Waals surface area contributed by atoms with Crippen LogP contribution in [0.4, 0.5) is 0 Å². The highest BCUT2D eigenvalue weighted by Crippen LogP contribution is 2.32. The van der Waals surface area contributed by atoms with Crippen molar-refractivity contribution < 1.29 is 205 Å². The van der Waals surface area contributed by atoms with Crippen molar-refractivity contribution in [3.05, 3.63) is 11.9 Å². The number of aromatic nitrogens is 3. The molecule has 1 aromatic rings. The fourth-order valence-corrected chi connectivity index (χ4v) is 13.8. The topological polar surface area (TPSA) is 637 Å². The summed E-state index contributed by atoms with van der Waals surface area (Å²) in [6.07, 6.45) is -11.6. The van der Waals surface area contributed by atoms with Crippen molar-refractivity contribution in [1.82, 2.24) is 52.2 Å². The average molecular weight is 2030 g/mol. The molecule has 141 heavy (non-hydrogen) atoms. The molecule has 53 nitrogen and oxygen atoms in total. The molecule has 0 bridgehead atoms. The van der Waals surface area contributed by atoms with E-state index in [1.807, 2.05) is 13.1 Å². The third-order valence-electron chi connectivity index (χ3n) is 19.6. The molecule has 3 aliphatic heterocycles. The van der Waals surface area contributed by atoms with Crippen molar-refractivity contribution in [3.63, 3.8) is 0 Å². The molecular formula is C88H144N10O43. The number of unbranched alkanes of at least 4 members (excludes halogenated alkanes) is 2. The van der Waals surface area contributed by atoms with Crippen molar-refractivity contribution in [2.75, 3.05) is 218 Å². The van der Waals surface area contributed by atoms with Gasteiger partial charge in [-0.2, -0.15) is 0 Å². The van der Waals surface area contributed by atoms with Crippen molar-refractivity contribution in [2.24, 2.45) is 0 Å². The predicted octanol–water partition coefficient (Wildman–Crippen LogP) is -3.26. The standard InChI is InChI=1S/C88H144N10O43/c1-56-49-98(97-96-56)24-16-14-15-17-75(114)95-88(53-124-25-18-72(111)89-21-28-115-31-34-118-37-40-121-43-46-127-85-76(92-57(2)99)82(136-66(11)108)79(133-63(8)105)69(139-85)50-130-60(5)102,54-125-26-19-73(112)90-22-29-116-32-35-119-38-41-122-44-47-128-86-77(93-58(3)100)83(137-67(12)109)80(134-64(9)106)70(140-86)51-131-61(6)103)55-126-27-20-74(113)91-23-30-117-33-36-120-39-42-123-45-48-129-87-78(94-59(4)101)84(138-68(13)110)81(135-65(10)107)71(141-87)52-132-62(7)104/h49,69-71,76-87H,14-48,50-55H2,1-13H3,(H,89,111)(H,90,112)(H,91,113)(H,92,99)(H,93,100)(H,94,101)(H,95,114). The van der Waals surface area contributed by atoms with E-state index in [4.69, 9.17) is 128 Å². The summed E-state index contributed by atoms with van der Waals surface area (Å²) >= 11 is 0. The summed E-state index contributed by atoms with van der Waals surface area (Å²) in [7, 11) is 0. The Morgan fingerprint density at radius 1 is 0.312 bits per heavy atom. The van der Waals surface area contributed by atoms with E-state index in [1.165, 1.54) is 41.5 Å². The van der Waals surface area contributed by atoms with Gasteiger partial charge in [0.25, 0.3) is 0 Å². The summed E-state index contributed by atoms with van der Waals surface area (Å²) < 4.78 is 155. The molecule has 1 aromatic heterocycles. The Labute approximate surface area is 817 Å². The van der Waals surface area contributed by atoms with Crippen LogP contribution in [0.5, 0.6) is 0 Å². The fourth-order valence-electron chi connectivity index (χ4n) is 13.8. The van der Waals surface area contributed by atoms with Crippen LogP contribution in [-0.2, 0) is 211 Å². The second-order valence-corrected chi connectivity index (χ2v) is 32.0. The maximum Gasteiger partial charge on any atom is 0.303 e. The van der Waals surface area contributed by atoms with E-state index in [1.54, 1.807) is 4.68 Å². The zero-order chi connectivity index (χ0) is 104. The maximum atomic E-state index is 14.0. The lowest BCUT2D eigenvalue weighted by molar-refractivity contribution is -0.279. The summed E-state index contributed by atoms with van der Waals surface area (Å²) in [5, 5.41) is 27.3. The Kier molecular flexibility index (Phi) is 63.1. The number of carbonyl (C=O) groups is 16. The number of hydrogen-bond acceptors (Lipinski definition) is 45. The van der Waals surface area contributed by atoms with E-state index < -0.39 is 189 Å². The molecular weight excluding hydrogens is 1880 g/mol. The first-order valence-corrected chi connectivity index (χ1v) is 46.4. The van der Waals surface area contributed by atoms with Gasteiger partial charge in [-0.25, -0.2) is 0 Å². The molecule has 0 aromatic carbocycles. The molecule has 0 aliphatic carbocycles. The first kappa shape index (κ1) is 123. The summed E-state index contributed by atoms with van der Waals surface area (Å²) in [5.74, 6) is -9.67. The lowest BCUT2D eigenvalue weighted by atomic mass is 9.96. The van der Waals surface area contributed by atoms with Gasteiger partial charge in [0.2, 0.25) is 41.4 Å². The van der Waals surface area contributed by atoms with Gasteiger partial charge in [-0.1, -0.05) is 11.6 Å². The van der Waals surface area contributed by atoms with Crippen LogP contribution in [-0.4, -0.2) is 425 Å². The summed E-state index contributed by atoms with van der Waals surface area (Å²) in [4.78, 5) is 198. The van der Waals surface area contributed by atoms with E-state index in [0.717, 1.165) is 47.2 Å². The fraction of sp³-hybridized carbons (Fsp3) is 0.795. The van der Waals surface area contributed by atoms with Crippen LogP contribution in [0.15, 0.2) is 6.20 Å². The molecule has 15 atom stereocenters. The number of carbonyl (C=O) groups excluding carboxylic acids is 16. The Bertz CT molecular complexity index is 3580. The Hall–Kier alpha value is -10.1. The van der Waals surface area contributed by atoms with Gasteiger partial charge in [0, 0.05) is 141 Å². The van der Waals surface area contributed by atoms with Gasteiger partial charge in [-0.15, -0.1) is 5.10 Å². The zero-order valence-corrected chi connectivity index (χ0v) is 82.6. The number of amides is 7. The molecule has 15 unspecified atom stereocenters. The molecule has 7 N–H and O–H groups in total. The molecule has 4 rings (SSSR count). The van der Waals surface area contributed by atoms with Crippen LogP contribution in [0.1, 0.15) is 134 Å². The highest BCUT2D eigenvalue weighted by Gasteiger charge is 2.55. The predicted molar refractivity (Wildman–Crippen MR) is 477 cm³/mol. The summed E-state index contributed by atoms with van der Waals surface area (Å²) in [5.41, 5.74) is -0.677. The minimum Gasteiger partial charge on any atom is -0.463 e. The number of esters is 9. The van der Waals surface area contributed by atoms with Gasteiger partial charge in [-0.05, 0) is 19.8 Å². The van der Waals surface area contributed by atoms with Crippen molar-refractivity contribution >= 4 is 95.1 Å². The van der Waals surface area contributed by atoms with Crippen LogP contribution >= 0.6 is 0 Å². The second-order valence-electron chi connectivity index (χ2n) is 32.0. The SMILES string of the molecule is CC(=O)NC1C(OCCOCCOCCOCCNC(=O)CCOCC(COCCC(=O)NCCOCCOCCOCCOC2OC(COC(C)=O)C(OC(C)=O)C(OC(C)=O)C2NC(C)=O)(COCCC(=O)NCCOCCOCCOCCOC2OC(COC(C)=O)C(OC(C)=O)C(OC(C)=O)C2NC(C)=O)NC(=O)CCCCCn2cc(C)nn2)OC(COC(C)=O)C(OC(C)=O)C1OC(C)=O. The van der Waals surface area contributed by atoms with Crippen molar-refractivity contribution in [2.45, 2.75) is 239 Å². The summed E-state index contributed by atoms with van der Waals surface area (Å²) in [6.45, 7) is 16.3. The Morgan fingerprint density at radius 2 is 0.582 bits per heavy atom. The average Bonchev–Trinajstić information content (AvgIpc) is 1.08. The van der Waals surface area contributed by atoms with E-state index >= 15 is 0 Å². The highest BCUT2D eigenvalue weighted by molar-refractivity contribution is 5.79. The van der Waals surface area contributed by atoms with Crippen LogP contribution in [0, 0.1) is 6.92 Å². The molecule has 0 saturated carbocycles. The van der Waals surface area contributed by atoms with Crippen LogP contribution in [0.25, 0.3) is 0 Å². The van der Waals surface area contributed by atoms with E-state index in [0.29, 0.717) is 25.8 Å². The quantitative estimate of drug-likeness (QED) is 0.0191. The van der Waals surface area contributed by atoms with E-state index in [2.05, 4.69) is 47.5 Å². The van der Waals surface area contributed by atoms with Crippen molar-refractivity contribution in [1.29, 1.82) is 0 Å². The molecule has 3 fully saturated rings. The molecule has 53 heteroatoms. The van der Waals surface area contributed by atoms with E-state index in [9.17, 15) is 76.7 Å². The van der Waals surface area contributed by atoms with Gasteiger partial charge in [0.15, 0.2) is 55.5 Å². The monoisotopic (exact) mass is 2030 g/mol. The van der Waals surface area contributed by atoms with Gasteiger partial charge >= 0.3 is 53.7 Å². The maximum absolute atomic E-state index is 14.0. The normalized spacial score (nSPS) is 21.3. The smallest absolute Gasteiger partial charge is 0.303 e. The number of nitrogens with zero attached hydrogens (tertiary/aromatic N) is 3. The molecule has 7 amide bonds. The lowest BCUT2D eigenvalue weighted by Gasteiger charge is -2.44. The molecule has 3 aliphatic rings. The Balaban J connectivity index is 1.28.